The van der Waals surface area contributed by atoms with Crippen molar-refractivity contribution in [1.29, 1.82) is 0 Å². The van der Waals surface area contributed by atoms with Crippen molar-refractivity contribution in [3.05, 3.63) is 76.6 Å². The lowest BCUT2D eigenvalue weighted by Crippen LogP contribution is -2.15. The molecule has 5 nitrogen and oxygen atoms in total. The Morgan fingerprint density at radius 1 is 0.885 bits per heavy atom. The van der Waals surface area contributed by atoms with Crippen LogP contribution in [0.1, 0.15) is 32.7 Å². The zero-order valence-corrected chi connectivity index (χ0v) is 15.4. The van der Waals surface area contributed by atoms with Crippen molar-refractivity contribution in [1.82, 2.24) is 9.97 Å². The van der Waals surface area contributed by atoms with E-state index in [-0.39, 0.29) is 5.91 Å². The van der Waals surface area contributed by atoms with Gasteiger partial charge in [0.15, 0.2) is 0 Å². The Labute approximate surface area is 153 Å². The Balaban J connectivity index is 1.78. The van der Waals surface area contributed by atoms with Crippen LogP contribution in [0.4, 0.5) is 17.3 Å². The van der Waals surface area contributed by atoms with Gasteiger partial charge in [-0.15, -0.1) is 0 Å². The number of carbonyl (C=O) groups excluding carboxylic acids is 1. The largest absolute Gasteiger partial charge is 0.324 e. The lowest BCUT2D eigenvalue weighted by Gasteiger charge is -2.10. The van der Waals surface area contributed by atoms with Crippen molar-refractivity contribution >= 4 is 23.2 Å². The molecule has 0 aliphatic rings. The lowest BCUT2D eigenvalue weighted by atomic mass is 10.1. The number of anilines is 3. The molecule has 0 unspecified atom stereocenters. The highest BCUT2D eigenvalue weighted by atomic mass is 16.1. The second kappa shape index (κ2) is 7.35. The van der Waals surface area contributed by atoms with Gasteiger partial charge in [0.25, 0.3) is 5.91 Å². The zero-order chi connectivity index (χ0) is 18.7. The van der Waals surface area contributed by atoms with Crippen LogP contribution in [0.15, 0.2) is 48.7 Å². The van der Waals surface area contributed by atoms with Crippen molar-refractivity contribution in [2.45, 2.75) is 27.7 Å². The summed E-state index contributed by atoms with van der Waals surface area (Å²) in [5, 5.41) is 6.07. The van der Waals surface area contributed by atoms with Gasteiger partial charge in [-0.3, -0.25) is 4.79 Å². The van der Waals surface area contributed by atoms with E-state index in [2.05, 4.69) is 26.7 Å². The number of rotatable bonds is 4. The predicted octanol–water partition coefficient (Wildman–Crippen LogP) is 4.71. The molecule has 0 radical (unpaired) electrons. The van der Waals surface area contributed by atoms with Crippen LogP contribution < -0.4 is 10.6 Å². The summed E-state index contributed by atoms with van der Waals surface area (Å²) >= 11 is 0. The molecule has 3 rings (SSSR count). The zero-order valence-electron chi connectivity index (χ0n) is 15.4. The number of aromatic nitrogens is 2. The Morgan fingerprint density at radius 2 is 1.62 bits per heavy atom. The maximum atomic E-state index is 12.5. The van der Waals surface area contributed by atoms with Crippen LogP contribution in [0.5, 0.6) is 0 Å². The summed E-state index contributed by atoms with van der Waals surface area (Å²) in [6.45, 7) is 8.06. The number of nitrogens with one attached hydrogen (secondary N) is 2. The fourth-order valence-corrected chi connectivity index (χ4v) is 2.86. The second-order valence-corrected chi connectivity index (χ2v) is 6.54. The van der Waals surface area contributed by atoms with Gasteiger partial charge in [-0.2, -0.15) is 0 Å². The average Bonchev–Trinajstić information content (AvgIpc) is 2.56. The van der Waals surface area contributed by atoms with Crippen LogP contribution in [0.3, 0.4) is 0 Å². The van der Waals surface area contributed by atoms with Gasteiger partial charge in [-0.1, -0.05) is 23.8 Å². The van der Waals surface area contributed by atoms with Gasteiger partial charge in [0.05, 0.1) is 0 Å². The SMILES string of the molecule is Cc1cc(C)cc(Nc2nccc(C(=O)Nc3ccc(C)cc3C)n2)c1. The first kappa shape index (κ1) is 17.6. The highest BCUT2D eigenvalue weighted by Crippen LogP contribution is 2.19. The van der Waals surface area contributed by atoms with E-state index in [1.165, 1.54) is 0 Å². The predicted molar refractivity (Wildman–Crippen MR) is 105 cm³/mol. The van der Waals surface area contributed by atoms with E-state index in [0.29, 0.717) is 11.6 Å². The summed E-state index contributed by atoms with van der Waals surface area (Å²) in [7, 11) is 0. The van der Waals surface area contributed by atoms with E-state index < -0.39 is 0 Å². The molecule has 0 aliphatic carbocycles. The number of hydrogen-bond acceptors (Lipinski definition) is 4. The van der Waals surface area contributed by atoms with Gasteiger partial charge < -0.3 is 10.6 Å². The monoisotopic (exact) mass is 346 g/mol. The minimum atomic E-state index is -0.261. The minimum absolute atomic E-state index is 0.261. The molecule has 0 atom stereocenters. The minimum Gasteiger partial charge on any atom is -0.324 e. The Hall–Kier alpha value is -3.21. The molecule has 0 spiro atoms. The molecule has 26 heavy (non-hydrogen) atoms. The molecule has 2 N–H and O–H groups in total. The first-order valence-electron chi connectivity index (χ1n) is 8.48. The van der Waals surface area contributed by atoms with Crippen LogP contribution in [0.2, 0.25) is 0 Å². The van der Waals surface area contributed by atoms with Crippen molar-refractivity contribution in [3.63, 3.8) is 0 Å². The summed E-state index contributed by atoms with van der Waals surface area (Å²) in [5.41, 5.74) is 6.46. The van der Waals surface area contributed by atoms with Crippen molar-refractivity contribution in [3.8, 4) is 0 Å². The molecule has 132 valence electrons. The lowest BCUT2D eigenvalue weighted by molar-refractivity contribution is 0.102. The quantitative estimate of drug-likeness (QED) is 0.718. The molecule has 1 aromatic heterocycles. The molecule has 0 bridgehead atoms. The summed E-state index contributed by atoms with van der Waals surface area (Å²) in [4.78, 5) is 21.1. The number of amides is 1. The number of carbonyl (C=O) groups is 1. The molecule has 0 saturated heterocycles. The molecule has 1 amide bonds. The maximum absolute atomic E-state index is 12.5. The molecule has 3 aromatic rings. The number of benzene rings is 2. The Bertz CT molecular complexity index is 946. The molecule has 2 aromatic carbocycles. The van der Waals surface area contributed by atoms with E-state index in [0.717, 1.165) is 33.6 Å². The fourth-order valence-electron chi connectivity index (χ4n) is 2.86. The van der Waals surface area contributed by atoms with E-state index in [4.69, 9.17) is 0 Å². The van der Waals surface area contributed by atoms with Crippen LogP contribution >= 0.6 is 0 Å². The topological polar surface area (TPSA) is 66.9 Å². The van der Waals surface area contributed by atoms with Crippen molar-refractivity contribution in [2.75, 3.05) is 10.6 Å². The third kappa shape index (κ3) is 4.25. The maximum Gasteiger partial charge on any atom is 0.274 e. The third-order valence-corrected chi connectivity index (χ3v) is 4.00. The number of nitrogens with zero attached hydrogens (tertiary/aromatic N) is 2. The fraction of sp³-hybridized carbons (Fsp3) is 0.190. The first-order valence-corrected chi connectivity index (χ1v) is 8.48. The summed E-state index contributed by atoms with van der Waals surface area (Å²) in [6.07, 6.45) is 1.58. The molecule has 5 heteroatoms. The smallest absolute Gasteiger partial charge is 0.274 e. The molecular formula is C21H22N4O. The summed E-state index contributed by atoms with van der Waals surface area (Å²) in [6, 6.07) is 13.6. The molecule has 0 aliphatic heterocycles. The van der Waals surface area contributed by atoms with E-state index in [9.17, 15) is 4.79 Å². The van der Waals surface area contributed by atoms with Gasteiger partial charge in [0, 0.05) is 17.6 Å². The van der Waals surface area contributed by atoms with Gasteiger partial charge in [-0.25, -0.2) is 9.97 Å². The Kier molecular flexibility index (Phi) is 4.98. The third-order valence-electron chi connectivity index (χ3n) is 4.00. The number of aryl methyl sites for hydroxylation is 4. The van der Waals surface area contributed by atoms with Crippen LogP contribution in [-0.2, 0) is 0 Å². The van der Waals surface area contributed by atoms with Crippen LogP contribution in [0.25, 0.3) is 0 Å². The van der Waals surface area contributed by atoms with Crippen LogP contribution in [0, 0.1) is 27.7 Å². The highest BCUT2D eigenvalue weighted by molar-refractivity contribution is 6.03. The molecule has 1 heterocycles. The molecule has 0 saturated carbocycles. The van der Waals surface area contributed by atoms with Crippen LogP contribution in [-0.4, -0.2) is 15.9 Å². The molecule has 0 fully saturated rings. The average molecular weight is 346 g/mol. The van der Waals surface area contributed by atoms with Gasteiger partial charge in [0.1, 0.15) is 5.69 Å². The van der Waals surface area contributed by atoms with E-state index in [1.807, 2.05) is 58.0 Å². The summed E-state index contributed by atoms with van der Waals surface area (Å²) in [5.74, 6) is 0.131. The highest BCUT2D eigenvalue weighted by Gasteiger charge is 2.11. The van der Waals surface area contributed by atoms with Crippen molar-refractivity contribution < 1.29 is 4.79 Å². The van der Waals surface area contributed by atoms with Gasteiger partial charge in [-0.05, 0) is 68.7 Å². The summed E-state index contributed by atoms with van der Waals surface area (Å²) < 4.78 is 0. The van der Waals surface area contributed by atoms with E-state index >= 15 is 0 Å². The first-order chi connectivity index (χ1) is 12.4. The van der Waals surface area contributed by atoms with Crippen molar-refractivity contribution in [2.24, 2.45) is 0 Å². The number of hydrogen-bond donors (Lipinski definition) is 2. The van der Waals surface area contributed by atoms with Gasteiger partial charge >= 0.3 is 0 Å². The normalized spacial score (nSPS) is 10.5. The standard InChI is InChI=1S/C21H22N4O/c1-13-5-6-18(16(4)10-13)24-20(26)19-7-8-22-21(25-19)23-17-11-14(2)9-15(3)12-17/h5-12H,1-4H3,(H,24,26)(H,22,23,25). The van der Waals surface area contributed by atoms with E-state index in [1.54, 1.807) is 12.3 Å². The van der Waals surface area contributed by atoms with Gasteiger partial charge in [0.2, 0.25) is 5.95 Å². The molecular weight excluding hydrogens is 324 g/mol. The second-order valence-electron chi connectivity index (χ2n) is 6.54. The Morgan fingerprint density at radius 3 is 2.31 bits per heavy atom.